The summed E-state index contributed by atoms with van der Waals surface area (Å²) >= 11 is 0. The van der Waals surface area contributed by atoms with Gasteiger partial charge < -0.3 is 19.9 Å². The molecule has 0 bridgehead atoms. The number of aliphatic hydroxyl groups is 1. The maximum Gasteiger partial charge on any atom is 0.220 e. The van der Waals surface area contributed by atoms with Crippen molar-refractivity contribution >= 4 is 5.91 Å². The van der Waals surface area contributed by atoms with Gasteiger partial charge in [-0.2, -0.15) is 0 Å². The average Bonchev–Trinajstić information content (AvgIpc) is 2.81. The van der Waals surface area contributed by atoms with E-state index in [4.69, 9.17) is 9.47 Å². The van der Waals surface area contributed by atoms with Crippen molar-refractivity contribution in [3.63, 3.8) is 0 Å². The van der Waals surface area contributed by atoms with Crippen molar-refractivity contribution in [2.24, 2.45) is 0 Å². The molecular weight excluding hydrogens is 378 g/mol. The molecule has 0 saturated heterocycles. The van der Waals surface area contributed by atoms with E-state index in [1.807, 2.05) is 60.7 Å². The minimum atomic E-state index is -0.816. The molecule has 0 aliphatic heterocycles. The number of benzene rings is 3. The summed E-state index contributed by atoms with van der Waals surface area (Å²) in [5.74, 6) is 1.06. The van der Waals surface area contributed by atoms with Crippen LogP contribution in [0.3, 0.4) is 0 Å². The van der Waals surface area contributed by atoms with Gasteiger partial charge in [-0.1, -0.05) is 60.7 Å². The van der Waals surface area contributed by atoms with Gasteiger partial charge in [-0.05, 0) is 29.7 Å². The van der Waals surface area contributed by atoms with E-state index in [9.17, 15) is 9.90 Å². The molecule has 5 nitrogen and oxygen atoms in total. The zero-order valence-electron chi connectivity index (χ0n) is 17.2. The van der Waals surface area contributed by atoms with Crippen LogP contribution in [0.4, 0.5) is 0 Å². The molecule has 0 fully saturated rings. The predicted octanol–water partition coefficient (Wildman–Crippen LogP) is 4.42. The lowest BCUT2D eigenvalue weighted by Crippen LogP contribution is -2.29. The third-order valence-electron chi connectivity index (χ3n) is 5.02. The van der Waals surface area contributed by atoms with Gasteiger partial charge in [-0.15, -0.1) is 0 Å². The Morgan fingerprint density at radius 2 is 1.50 bits per heavy atom. The number of carbonyl (C=O) groups is 1. The fraction of sp³-hybridized carbons (Fsp3) is 0.240. The van der Waals surface area contributed by atoms with Crippen molar-refractivity contribution in [1.82, 2.24) is 5.32 Å². The maximum atomic E-state index is 12.7. The monoisotopic (exact) mass is 405 g/mol. The molecule has 1 atom stereocenters. The molecular formula is C25H27NO4. The number of ether oxygens (including phenoxy) is 2. The Hall–Kier alpha value is -3.31. The SMILES string of the molecule is COc1ccc(C(O)CCC(=O)NC(c2ccccc2)c2ccccc2)c(OC)c1. The van der Waals surface area contributed by atoms with Gasteiger partial charge in [0, 0.05) is 18.1 Å². The third-order valence-corrected chi connectivity index (χ3v) is 5.02. The second-order valence-electron chi connectivity index (χ2n) is 6.98. The summed E-state index contributed by atoms with van der Waals surface area (Å²) < 4.78 is 10.5. The lowest BCUT2D eigenvalue weighted by atomic mass is 9.98. The first kappa shape index (κ1) is 21.4. The van der Waals surface area contributed by atoms with Gasteiger partial charge in [0.25, 0.3) is 0 Å². The van der Waals surface area contributed by atoms with Crippen LogP contribution >= 0.6 is 0 Å². The van der Waals surface area contributed by atoms with E-state index >= 15 is 0 Å². The maximum absolute atomic E-state index is 12.7. The molecule has 0 saturated carbocycles. The molecule has 1 unspecified atom stereocenters. The number of carbonyl (C=O) groups excluding carboxylic acids is 1. The molecule has 1 amide bonds. The van der Waals surface area contributed by atoms with Crippen molar-refractivity contribution < 1.29 is 19.4 Å². The van der Waals surface area contributed by atoms with Gasteiger partial charge in [-0.3, -0.25) is 4.79 Å². The first-order valence-corrected chi connectivity index (χ1v) is 9.91. The molecule has 0 radical (unpaired) electrons. The van der Waals surface area contributed by atoms with Crippen molar-refractivity contribution in [2.75, 3.05) is 14.2 Å². The molecule has 30 heavy (non-hydrogen) atoms. The number of methoxy groups -OCH3 is 2. The van der Waals surface area contributed by atoms with Gasteiger partial charge in [0.2, 0.25) is 5.91 Å². The summed E-state index contributed by atoms with van der Waals surface area (Å²) in [5.41, 5.74) is 2.65. The Morgan fingerprint density at radius 1 is 0.900 bits per heavy atom. The summed E-state index contributed by atoms with van der Waals surface area (Å²) in [6.07, 6.45) is -0.347. The Labute approximate surface area is 177 Å². The first-order valence-electron chi connectivity index (χ1n) is 9.91. The topological polar surface area (TPSA) is 67.8 Å². The summed E-state index contributed by atoms with van der Waals surface area (Å²) in [6.45, 7) is 0. The Kier molecular flexibility index (Phi) is 7.46. The van der Waals surface area contributed by atoms with E-state index in [-0.39, 0.29) is 24.8 Å². The lowest BCUT2D eigenvalue weighted by Gasteiger charge is -2.21. The van der Waals surface area contributed by atoms with Crippen molar-refractivity contribution in [3.05, 3.63) is 95.6 Å². The van der Waals surface area contributed by atoms with Crippen molar-refractivity contribution in [2.45, 2.75) is 25.0 Å². The Balaban J connectivity index is 1.68. The summed E-state index contributed by atoms with van der Waals surface area (Å²) in [5, 5.41) is 13.7. The Bertz CT molecular complexity index is 904. The number of hydrogen-bond donors (Lipinski definition) is 2. The molecule has 0 aliphatic rings. The molecule has 0 heterocycles. The van der Waals surface area contributed by atoms with Crippen LogP contribution in [0.25, 0.3) is 0 Å². The molecule has 3 rings (SSSR count). The first-order chi connectivity index (χ1) is 14.6. The summed E-state index contributed by atoms with van der Waals surface area (Å²) in [4.78, 5) is 12.7. The van der Waals surface area contributed by atoms with E-state index in [0.717, 1.165) is 11.1 Å². The molecule has 156 valence electrons. The zero-order valence-corrected chi connectivity index (χ0v) is 17.2. The van der Waals surface area contributed by atoms with Crippen molar-refractivity contribution in [1.29, 1.82) is 0 Å². The molecule has 0 aliphatic carbocycles. The van der Waals surface area contributed by atoms with Gasteiger partial charge >= 0.3 is 0 Å². The van der Waals surface area contributed by atoms with Gasteiger partial charge in [-0.25, -0.2) is 0 Å². The average molecular weight is 405 g/mol. The van der Waals surface area contributed by atoms with Crippen LogP contribution in [0.2, 0.25) is 0 Å². The second-order valence-corrected chi connectivity index (χ2v) is 6.98. The van der Waals surface area contributed by atoms with Gasteiger partial charge in [0.05, 0.1) is 26.4 Å². The lowest BCUT2D eigenvalue weighted by molar-refractivity contribution is -0.122. The van der Waals surface area contributed by atoms with Gasteiger partial charge in [0.15, 0.2) is 0 Å². The smallest absolute Gasteiger partial charge is 0.220 e. The fourth-order valence-corrected chi connectivity index (χ4v) is 3.40. The number of rotatable bonds is 9. The number of aliphatic hydroxyl groups excluding tert-OH is 1. The quantitative estimate of drug-likeness (QED) is 0.553. The largest absolute Gasteiger partial charge is 0.497 e. The minimum Gasteiger partial charge on any atom is -0.497 e. The molecule has 0 aromatic heterocycles. The van der Waals surface area contributed by atoms with E-state index in [1.165, 1.54) is 0 Å². The molecule has 0 spiro atoms. The highest BCUT2D eigenvalue weighted by Crippen LogP contribution is 2.31. The second kappa shape index (κ2) is 10.5. The molecule has 2 N–H and O–H groups in total. The van der Waals surface area contributed by atoms with E-state index < -0.39 is 6.10 Å². The van der Waals surface area contributed by atoms with Gasteiger partial charge in [0.1, 0.15) is 11.5 Å². The van der Waals surface area contributed by atoms with Crippen LogP contribution in [0.5, 0.6) is 11.5 Å². The van der Waals surface area contributed by atoms with E-state index in [1.54, 1.807) is 32.4 Å². The molecule has 3 aromatic carbocycles. The minimum absolute atomic E-state index is 0.126. The highest BCUT2D eigenvalue weighted by molar-refractivity contribution is 5.77. The molecule has 3 aromatic rings. The van der Waals surface area contributed by atoms with Crippen molar-refractivity contribution in [3.8, 4) is 11.5 Å². The zero-order chi connectivity index (χ0) is 21.3. The normalized spacial score (nSPS) is 11.7. The van der Waals surface area contributed by atoms with Crippen LogP contribution in [0.15, 0.2) is 78.9 Å². The van der Waals surface area contributed by atoms with E-state index in [0.29, 0.717) is 17.1 Å². The van der Waals surface area contributed by atoms with Crippen LogP contribution in [-0.2, 0) is 4.79 Å². The fourth-order valence-electron chi connectivity index (χ4n) is 3.40. The van der Waals surface area contributed by atoms with Crippen LogP contribution < -0.4 is 14.8 Å². The number of amides is 1. The standard InChI is InChI=1S/C25H27NO4/c1-29-20-13-14-21(23(17-20)30-2)22(27)15-16-24(28)26-25(18-9-5-3-6-10-18)19-11-7-4-8-12-19/h3-14,17,22,25,27H,15-16H2,1-2H3,(H,26,28). The summed E-state index contributed by atoms with van der Waals surface area (Å²) in [6, 6.07) is 24.7. The Morgan fingerprint density at radius 3 is 2.03 bits per heavy atom. The highest BCUT2D eigenvalue weighted by atomic mass is 16.5. The predicted molar refractivity (Wildman–Crippen MR) is 117 cm³/mol. The summed E-state index contributed by atoms with van der Waals surface area (Å²) in [7, 11) is 3.12. The van der Waals surface area contributed by atoms with E-state index in [2.05, 4.69) is 5.32 Å². The number of hydrogen-bond acceptors (Lipinski definition) is 4. The third kappa shape index (κ3) is 5.39. The number of nitrogens with one attached hydrogen (secondary N) is 1. The van der Waals surface area contributed by atoms with Crippen LogP contribution in [0, 0.1) is 0 Å². The van der Waals surface area contributed by atoms with Crippen LogP contribution in [-0.4, -0.2) is 25.2 Å². The molecule has 5 heteroatoms. The highest BCUT2D eigenvalue weighted by Gasteiger charge is 2.19. The van der Waals surface area contributed by atoms with Crippen LogP contribution in [0.1, 0.15) is 41.7 Å².